The first-order valence-electron chi connectivity index (χ1n) is 18.4. The van der Waals surface area contributed by atoms with Crippen molar-refractivity contribution in [1.82, 2.24) is 9.97 Å². The van der Waals surface area contributed by atoms with E-state index in [4.69, 9.17) is 18.8 Å². The van der Waals surface area contributed by atoms with Gasteiger partial charge in [-0.25, -0.2) is 9.97 Å². The molecule has 0 radical (unpaired) electrons. The smallest absolute Gasteiger partial charge is 0.161 e. The van der Waals surface area contributed by atoms with Crippen LogP contribution in [0.3, 0.4) is 0 Å². The quantitative estimate of drug-likeness (QED) is 0.182. The standard InChI is InChI=1S/C50H28N2O2S/c1-2-10-32-25-33(22-19-29(32)9-1)35-27-40(46-37-12-4-7-15-42(37)54-44(46)28-35)50-51-47(49-48(52-50)38-13-5-8-16-45(38)55-49)31-20-17-30(18-21-31)34-23-24-43-39(26-34)36-11-3-6-14-41(36)53-43/h1-28H. The molecule has 12 rings (SSSR count). The fourth-order valence-electron chi connectivity index (χ4n) is 8.20. The monoisotopic (exact) mass is 720 g/mol. The number of benzene rings is 8. The molecule has 0 N–H and O–H groups in total. The molecular formula is C50H28N2O2S. The van der Waals surface area contributed by atoms with Crippen molar-refractivity contribution in [3.05, 3.63) is 170 Å². The van der Waals surface area contributed by atoms with Gasteiger partial charge in [-0.15, -0.1) is 11.3 Å². The number of hydrogen-bond acceptors (Lipinski definition) is 5. The van der Waals surface area contributed by atoms with Crippen molar-refractivity contribution in [2.24, 2.45) is 0 Å². The maximum atomic E-state index is 6.56. The van der Waals surface area contributed by atoms with Crippen LogP contribution in [0.25, 0.3) is 120 Å². The lowest BCUT2D eigenvalue weighted by atomic mass is 9.96. The fourth-order valence-corrected chi connectivity index (χ4v) is 9.35. The van der Waals surface area contributed by atoms with Crippen LogP contribution < -0.4 is 0 Å². The molecule has 0 aliphatic heterocycles. The summed E-state index contributed by atoms with van der Waals surface area (Å²) in [6.07, 6.45) is 0. The summed E-state index contributed by atoms with van der Waals surface area (Å²) >= 11 is 1.75. The van der Waals surface area contributed by atoms with Crippen LogP contribution in [0.4, 0.5) is 0 Å². The van der Waals surface area contributed by atoms with E-state index in [1.54, 1.807) is 11.3 Å². The predicted molar refractivity (Wildman–Crippen MR) is 229 cm³/mol. The molecule has 256 valence electrons. The zero-order valence-corrected chi connectivity index (χ0v) is 30.1. The summed E-state index contributed by atoms with van der Waals surface area (Å²) in [7, 11) is 0. The van der Waals surface area contributed by atoms with E-state index >= 15 is 0 Å². The highest BCUT2D eigenvalue weighted by Gasteiger charge is 2.21. The topological polar surface area (TPSA) is 52.1 Å². The number of hydrogen-bond donors (Lipinski definition) is 0. The molecule has 0 aliphatic carbocycles. The van der Waals surface area contributed by atoms with E-state index in [1.165, 1.54) is 15.5 Å². The highest BCUT2D eigenvalue weighted by atomic mass is 32.1. The second-order valence-corrected chi connectivity index (χ2v) is 15.2. The van der Waals surface area contributed by atoms with Crippen LogP contribution in [0.5, 0.6) is 0 Å². The van der Waals surface area contributed by atoms with Crippen LogP contribution in [0.15, 0.2) is 179 Å². The number of nitrogens with zero attached hydrogens (tertiary/aromatic N) is 2. The largest absolute Gasteiger partial charge is 0.456 e. The molecule has 0 amide bonds. The van der Waals surface area contributed by atoms with Gasteiger partial charge in [0.05, 0.1) is 15.9 Å². The SMILES string of the molecule is c1ccc2cc(-c3cc(-c4nc(-c5ccc(-c6ccc7oc8ccccc8c7c6)cc5)c5sc6ccccc6c5n4)c4c(c3)oc3ccccc34)ccc2c1. The Bertz CT molecular complexity index is 3500. The fraction of sp³-hybridized carbons (Fsp3) is 0. The molecule has 4 nitrogen and oxygen atoms in total. The van der Waals surface area contributed by atoms with Gasteiger partial charge in [0.25, 0.3) is 0 Å². The molecule has 0 unspecified atom stereocenters. The van der Waals surface area contributed by atoms with Gasteiger partial charge in [-0.3, -0.25) is 0 Å². The van der Waals surface area contributed by atoms with Crippen molar-refractivity contribution >= 4 is 86.3 Å². The summed E-state index contributed by atoms with van der Waals surface area (Å²) in [5.41, 5.74) is 11.8. The van der Waals surface area contributed by atoms with Crippen LogP contribution in [0.2, 0.25) is 0 Å². The van der Waals surface area contributed by atoms with Crippen LogP contribution in [-0.2, 0) is 0 Å². The van der Waals surface area contributed by atoms with Crippen molar-refractivity contribution in [3.63, 3.8) is 0 Å². The van der Waals surface area contributed by atoms with Crippen molar-refractivity contribution in [2.75, 3.05) is 0 Å². The van der Waals surface area contributed by atoms with Crippen LogP contribution in [0.1, 0.15) is 0 Å². The Kier molecular flexibility index (Phi) is 6.47. The second-order valence-electron chi connectivity index (χ2n) is 14.1. The number of furan rings is 2. The zero-order valence-electron chi connectivity index (χ0n) is 29.3. The Balaban J connectivity index is 1.07. The van der Waals surface area contributed by atoms with Crippen molar-refractivity contribution in [1.29, 1.82) is 0 Å². The van der Waals surface area contributed by atoms with E-state index in [1.807, 2.05) is 24.3 Å². The van der Waals surface area contributed by atoms with Crippen molar-refractivity contribution in [2.45, 2.75) is 0 Å². The lowest BCUT2D eigenvalue weighted by molar-refractivity contribution is 0.668. The Morgan fingerprint density at radius 2 is 1.04 bits per heavy atom. The third-order valence-electron chi connectivity index (χ3n) is 10.9. The molecule has 0 saturated carbocycles. The summed E-state index contributed by atoms with van der Waals surface area (Å²) in [6, 6.07) is 59.7. The highest BCUT2D eigenvalue weighted by molar-refractivity contribution is 7.26. The molecule has 0 bridgehead atoms. The number of aromatic nitrogens is 2. The Morgan fingerprint density at radius 1 is 0.400 bits per heavy atom. The third kappa shape index (κ3) is 4.77. The first-order valence-corrected chi connectivity index (χ1v) is 19.2. The van der Waals surface area contributed by atoms with E-state index < -0.39 is 0 Å². The van der Waals surface area contributed by atoms with E-state index in [0.717, 1.165) is 98.6 Å². The van der Waals surface area contributed by atoms with Gasteiger partial charge < -0.3 is 8.83 Å². The normalized spacial score (nSPS) is 12.0. The Morgan fingerprint density at radius 3 is 1.91 bits per heavy atom. The Hall–Kier alpha value is -7.08. The first-order chi connectivity index (χ1) is 27.2. The van der Waals surface area contributed by atoms with Crippen molar-refractivity contribution < 1.29 is 8.83 Å². The van der Waals surface area contributed by atoms with Crippen LogP contribution in [-0.4, -0.2) is 9.97 Å². The molecule has 0 atom stereocenters. The van der Waals surface area contributed by atoms with E-state index in [2.05, 4.69) is 146 Å². The van der Waals surface area contributed by atoms with Gasteiger partial charge in [0, 0.05) is 42.8 Å². The van der Waals surface area contributed by atoms with Crippen LogP contribution in [0, 0.1) is 0 Å². The maximum absolute atomic E-state index is 6.56. The lowest BCUT2D eigenvalue weighted by Crippen LogP contribution is -1.95. The zero-order chi connectivity index (χ0) is 36.0. The van der Waals surface area contributed by atoms with Gasteiger partial charge >= 0.3 is 0 Å². The van der Waals surface area contributed by atoms with Gasteiger partial charge in [-0.05, 0) is 81.6 Å². The molecule has 4 heterocycles. The lowest BCUT2D eigenvalue weighted by Gasteiger charge is -2.11. The summed E-state index contributed by atoms with van der Waals surface area (Å²) in [4.78, 5) is 10.9. The molecule has 12 aromatic rings. The third-order valence-corrected chi connectivity index (χ3v) is 12.1. The molecule has 5 heteroatoms. The molecule has 0 aliphatic rings. The van der Waals surface area contributed by atoms with Crippen LogP contribution >= 0.6 is 11.3 Å². The molecule has 0 fully saturated rings. The molecule has 0 saturated heterocycles. The number of thiophene rings is 1. The maximum Gasteiger partial charge on any atom is 0.161 e. The van der Waals surface area contributed by atoms with Gasteiger partial charge in [-0.2, -0.15) is 0 Å². The van der Waals surface area contributed by atoms with Gasteiger partial charge in [0.2, 0.25) is 0 Å². The Labute approximate surface area is 318 Å². The molecule has 8 aromatic carbocycles. The van der Waals surface area contributed by atoms with E-state index in [9.17, 15) is 0 Å². The molecule has 55 heavy (non-hydrogen) atoms. The summed E-state index contributed by atoms with van der Waals surface area (Å²) < 4.78 is 14.9. The summed E-state index contributed by atoms with van der Waals surface area (Å²) in [5.74, 6) is 0.673. The van der Waals surface area contributed by atoms with E-state index in [-0.39, 0.29) is 0 Å². The predicted octanol–water partition coefficient (Wildman–Crippen LogP) is 14.5. The average Bonchev–Trinajstić information content (AvgIpc) is 3.94. The summed E-state index contributed by atoms with van der Waals surface area (Å²) in [5, 5.41) is 7.84. The van der Waals surface area contributed by atoms with Gasteiger partial charge in [0.1, 0.15) is 22.3 Å². The van der Waals surface area contributed by atoms with Gasteiger partial charge in [0.15, 0.2) is 5.82 Å². The average molecular weight is 721 g/mol. The second kappa shape index (κ2) is 11.7. The molecular weight excluding hydrogens is 693 g/mol. The number of para-hydroxylation sites is 2. The number of fused-ring (bicyclic) bond motifs is 10. The van der Waals surface area contributed by atoms with E-state index in [0.29, 0.717) is 5.82 Å². The molecule has 0 spiro atoms. The van der Waals surface area contributed by atoms with Gasteiger partial charge in [-0.1, -0.05) is 121 Å². The minimum Gasteiger partial charge on any atom is -0.456 e. The minimum atomic E-state index is 0.673. The minimum absolute atomic E-state index is 0.673. The molecule has 4 aromatic heterocycles. The number of rotatable bonds is 4. The summed E-state index contributed by atoms with van der Waals surface area (Å²) in [6.45, 7) is 0. The van der Waals surface area contributed by atoms with Crippen molar-refractivity contribution in [3.8, 4) is 44.9 Å². The first kappa shape index (κ1) is 30.4. The highest BCUT2D eigenvalue weighted by Crippen LogP contribution is 2.44.